The summed E-state index contributed by atoms with van der Waals surface area (Å²) in [5.41, 5.74) is -0.712. The molecule has 9 heteroatoms. The smallest absolute Gasteiger partial charge is 0.341 e. The quantitative estimate of drug-likeness (QED) is 0.802. The number of rotatable bonds is 4. The van der Waals surface area contributed by atoms with Gasteiger partial charge in [-0.25, -0.2) is 14.2 Å². The third-order valence-corrected chi connectivity index (χ3v) is 7.05. The van der Waals surface area contributed by atoms with Gasteiger partial charge < -0.3 is 9.67 Å². The number of hydrogen-bond acceptors (Lipinski definition) is 6. The third kappa shape index (κ3) is 2.90. The Morgan fingerprint density at radius 2 is 2.03 bits per heavy atom. The molecule has 0 bridgehead atoms. The molecule has 0 amide bonds. The fourth-order valence-electron chi connectivity index (χ4n) is 5.56. The summed E-state index contributed by atoms with van der Waals surface area (Å²) in [6.07, 6.45) is 7.54. The molecule has 2 aromatic rings. The van der Waals surface area contributed by atoms with Gasteiger partial charge in [0.2, 0.25) is 5.43 Å². The van der Waals surface area contributed by atoms with Crippen LogP contribution < -0.4 is 10.4 Å². The first-order valence-corrected chi connectivity index (χ1v) is 11.0. The Bertz CT molecular complexity index is 1140. The molecular weight excluding hydrogens is 401 g/mol. The summed E-state index contributed by atoms with van der Waals surface area (Å²) in [5.74, 6) is -1.90. The van der Waals surface area contributed by atoms with Crippen molar-refractivity contribution in [2.24, 2.45) is 10.3 Å². The number of aromatic nitrogens is 1. The third-order valence-electron chi connectivity index (χ3n) is 7.05. The summed E-state index contributed by atoms with van der Waals surface area (Å²) in [6, 6.07) is 2.79. The van der Waals surface area contributed by atoms with Gasteiger partial charge in [-0.05, 0) is 51.2 Å². The number of hydrogen-bond donors (Lipinski definition) is 1. The Hall–Kier alpha value is -2.81. The van der Waals surface area contributed by atoms with Crippen LogP contribution in [0.1, 0.15) is 55.8 Å². The van der Waals surface area contributed by atoms with Crippen molar-refractivity contribution in [3.8, 4) is 0 Å². The normalized spacial score (nSPS) is 26.0. The minimum Gasteiger partial charge on any atom is -0.477 e. The van der Waals surface area contributed by atoms with Crippen molar-refractivity contribution in [1.29, 1.82) is 0 Å². The summed E-state index contributed by atoms with van der Waals surface area (Å²) in [5, 5.41) is 20.1. The van der Waals surface area contributed by atoms with Crippen LogP contribution in [-0.2, 0) is 6.54 Å². The minimum absolute atomic E-state index is 0.00320. The van der Waals surface area contributed by atoms with Crippen LogP contribution in [0.4, 0.5) is 10.1 Å². The fraction of sp³-hybridized carbons (Fsp3) is 0.545. The first kappa shape index (κ1) is 20.1. The molecule has 2 atom stereocenters. The van der Waals surface area contributed by atoms with E-state index in [2.05, 4.69) is 15.2 Å². The van der Waals surface area contributed by atoms with Gasteiger partial charge in [0.25, 0.3) is 0 Å². The Kier molecular flexibility index (Phi) is 4.80. The van der Waals surface area contributed by atoms with Crippen LogP contribution in [0.5, 0.6) is 0 Å². The predicted octanol–water partition coefficient (Wildman–Crippen LogP) is 3.78. The van der Waals surface area contributed by atoms with Gasteiger partial charge in [0.1, 0.15) is 28.8 Å². The van der Waals surface area contributed by atoms with Gasteiger partial charge >= 0.3 is 5.97 Å². The van der Waals surface area contributed by atoms with E-state index in [0.29, 0.717) is 12.1 Å². The Balaban J connectivity index is 1.68. The number of aromatic carboxylic acids is 1. The zero-order valence-electron chi connectivity index (χ0n) is 17.6. The monoisotopic (exact) mass is 427 g/mol. The summed E-state index contributed by atoms with van der Waals surface area (Å²) < 4.78 is 17.1. The lowest BCUT2D eigenvalue weighted by molar-refractivity contribution is 0.0678. The molecule has 1 saturated carbocycles. The first-order valence-electron chi connectivity index (χ1n) is 11.0. The van der Waals surface area contributed by atoms with E-state index in [0.717, 1.165) is 51.3 Å². The van der Waals surface area contributed by atoms with E-state index < -0.39 is 22.9 Å². The lowest BCUT2D eigenvalue weighted by atomic mass is 9.97. The highest BCUT2D eigenvalue weighted by Crippen LogP contribution is 2.48. The van der Waals surface area contributed by atoms with Gasteiger partial charge in [-0.1, -0.05) is 11.6 Å². The van der Waals surface area contributed by atoms with E-state index in [-0.39, 0.29) is 22.7 Å². The second-order valence-corrected chi connectivity index (χ2v) is 8.63. The molecule has 2 fully saturated rings. The number of piperidine rings is 1. The maximum absolute atomic E-state index is 15.5. The zero-order chi connectivity index (χ0) is 21.8. The lowest BCUT2D eigenvalue weighted by Crippen LogP contribution is -2.62. The van der Waals surface area contributed by atoms with Crippen LogP contribution in [0, 0.1) is 5.82 Å². The van der Waals surface area contributed by atoms with Gasteiger partial charge in [-0.3, -0.25) is 9.69 Å². The second-order valence-electron chi connectivity index (χ2n) is 8.63. The van der Waals surface area contributed by atoms with Crippen LogP contribution in [-0.4, -0.2) is 45.3 Å². The van der Waals surface area contributed by atoms with Crippen molar-refractivity contribution in [2.75, 3.05) is 18.1 Å². The van der Waals surface area contributed by atoms with Gasteiger partial charge in [0.05, 0.1) is 5.52 Å². The lowest BCUT2D eigenvalue weighted by Gasteiger charge is -2.47. The second kappa shape index (κ2) is 7.40. The predicted molar refractivity (Wildman–Crippen MR) is 114 cm³/mol. The molecular formula is C22H26FN5O3. The fourth-order valence-corrected chi connectivity index (χ4v) is 5.56. The number of carbonyl (C=O) groups is 1. The number of nitrogens with zero attached hydrogens (tertiary/aromatic N) is 5. The van der Waals surface area contributed by atoms with Crippen molar-refractivity contribution in [3.63, 3.8) is 0 Å². The molecule has 1 N–H and O–H groups in total. The van der Waals surface area contributed by atoms with Crippen molar-refractivity contribution < 1.29 is 14.3 Å². The number of pyridine rings is 1. The van der Waals surface area contributed by atoms with Gasteiger partial charge in [0, 0.05) is 31.2 Å². The van der Waals surface area contributed by atoms with Crippen LogP contribution in [0.15, 0.2) is 33.5 Å². The molecule has 0 spiro atoms. The Morgan fingerprint density at radius 3 is 2.74 bits per heavy atom. The van der Waals surface area contributed by atoms with Crippen molar-refractivity contribution in [2.45, 2.75) is 63.7 Å². The average Bonchev–Trinajstić information content (AvgIpc) is 3.34. The van der Waals surface area contributed by atoms with E-state index in [9.17, 15) is 14.7 Å². The molecule has 1 aromatic heterocycles. The number of halogens is 1. The molecule has 2 aliphatic heterocycles. The van der Waals surface area contributed by atoms with Gasteiger partial charge in [0.15, 0.2) is 0 Å². The van der Waals surface area contributed by atoms with E-state index in [1.807, 2.05) is 6.92 Å². The molecule has 5 rings (SSSR count). The molecule has 1 saturated heterocycles. The Morgan fingerprint density at radius 1 is 1.26 bits per heavy atom. The van der Waals surface area contributed by atoms with Crippen LogP contribution in [0.3, 0.4) is 0 Å². The molecule has 8 nitrogen and oxygen atoms in total. The molecule has 31 heavy (non-hydrogen) atoms. The van der Waals surface area contributed by atoms with Crippen molar-refractivity contribution >= 4 is 22.6 Å². The van der Waals surface area contributed by atoms with Gasteiger partial charge in [-0.2, -0.15) is 5.11 Å². The summed E-state index contributed by atoms with van der Waals surface area (Å²) in [6.45, 7) is 4.18. The SMILES string of the molecule is CCn1cc(C(=O)O)c(=O)c2cc(F)c(N3N=NC4CCCC43N3CCCCC3)cc21. The maximum atomic E-state index is 15.5. The highest BCUT2D eigenvalue weighted by Gasteiger charge is 2.56. The minimum atomic E-state index is -1.32. The number of anilines is 1. The summed E-state index contributed by atoms with van der Waals surface area (Å²) in [7, 11) is 0. The molecule has 2 unspecified atom stereocenters. The zero-order valence-corrected chi connectivity index (χ0v) is 17.6. The molecule has 164 valence electrons. The highest BCUT2D eigenvalue weighted by atomic mass is 19.1. The molecule has 0 radical (unpaired) electrons. The molecule has 3 heterocycles. The van der Waals surface area contributed by atoms with E-state index >= 15 is 4.39 Å². The summed E-state index contributed by atoms with van der Waals surface area (Å²) in [4.78, 5) is 26.6. The number of fused-ring (bicyclic) bond motifs is 2. The summed E-state index contributed by atoms with van der Waals surface area (Å²) >= 11 is 0. The number of carboxylic acids is 1. The average molecular weight is 427 g/mol. The van der Waals surface area contributed by atoms with Crippen molar-refractivity contribution in [3.05, 3.63) is 39.9 Å². The van der Waals surface area contributed by atoms with E-state index in [1.165, 1.54) is 12.6 Å². The number of benzene rings is 1. The first-order chi connectivity index (χ1) is 15.0. The Labute approximate surface area is 178 Å². The number of carboxylic acid groups (broad SMARTS) is 1. The van der Waals surface area contributed by atoms with Crippen LogP contribution in [0.25, 0.3) is 10.9 Å². The van der Waals surface area contributed by atoms with Crippen LogP contribution in [0.2, 0.25) is 0 Å². The standard InChI is InChI=1S/C22H26FN5O3/c1-2-26-13-15(21(30)31)20(29)14-11-16(23)18(12-17(14)26)28-22(27-9-4-3-5-10-27)8-6-7-19(22)24-25-28/h11-13,19H,2-10H2,1H3,(H,30,31). The molecule has 3 aliphatic rings. The van der Waals surface area contributed by atoms with Crippen molar-refractivity contribution in [1.82, 2.24) is 9.47 Å². The highest BCUT2D eigenvalue weighted by molar-refractivity contribution is 5.93. The van der Waals surface area contributed by atoms with E-state index in [4.69, 9.17) is 0 Å². The number of likely N-dealkylation sites (tertiary alicyclic amines) is 1. The largest absolute Gasteiger partial charge is 0.477 e. The maximum Gasteiger partial charge on any atom is 0.341 e. The van der Waals surface area contributed by atoms with Gasteiger partial charge in [-0.15, -0.1) is 0 Å². The molecule has 1 aromatic carbocycles. The molecule has 1 aliphatic carbocycles. The topological polar surface area (TPSA) is 90.5 Å². The van der Waals surface area contributed by atoms with E-state index in [1.54, 1.807) is 15.6 Å². The van der Waals surface area contributed by atoms with Crippen LogP contribution >= 0.6 is 0 Å². The number of aryl methyl sites for hydroxylation is 1.